The van der Waals surface area contributed by atoms with Gasteiger partial charge in [-0.25, -0.2) is 4.79 Å². The third-order valence-electron chi connectivity index (χ3n) is 3.21. The number of nitrogens with zero attached hydrogens (tertiary/aromatic N) is 2. The van der Waals surface area contributed by atoms with Gasteiger partial charge in [0.05, 0.1) is 11.9 Å². The number of amides is 2. The molecule has 2 amide bonds. The molecule has 1 heterocycles. The van der Waals surface area contributed by atoms with Crippen LogP contribution in [-0.4, -0.2) is 24.3 Å². The molecular weight excluding hydrogens is 278 g/mol. The van der Waals surface area contributed by atoms with Crippen LogP contribution in [-0.2, 0) is 6.42 Å². The van der Waals surface area contributed by atoms with Gasteiger partial charge in [0.2, 0.25) is 0 Å². The van der Waals surface area contributed by atoms with Crippen LogP contribution in [0.5, 0.6) is 0 Å². The first-order valence-electron chi connectivity index (χ1n) is 6.79. The first kappa shape index (κ1) is 15.4. The molecule has 5 nitrogen and oxygen atoms in total. The number of hydrogen-bond donors (Lipinski definition) is 1. The van der Waals surface area contributed by atoms with Crippen molar-refractivity contribution in [3.8, 4) is 0 Å². The fourth-order valence-corrected chi connectivity index (χ4v) is 1.98. The van der Waals surface area contributed by atoms with E-state index >= 15 is 0 Å². The first-order valence-corrected chi connectivity index (χ1v) is 6.79. The first-order chi connectivity index (χ1) is 10.7. The Hall–Kier alpha value is -2.95. The Morgan fingerprint density at radius 2 is 2.05 bits per heavy atom. The lowest BCUT2D eigenvalue weighted by Crippen LogP contribution is -2.32. The molecule has 2 aromatic rings. The van der Waals surface area contributed by atoms with Gasteiger partial charge in [-0.3, -0.25) is 14.7 Å². The van der Waals surface area contributed by atoms with E-state index in [0.717, 1.165) is 12.0 Å². The normalized spacial score (nSPS) is 9.86. The quantitative estimate of drug-likeness (QED) is 0.680. The maximum atomic E-state index is 12.2. The Bertz CT molecular complexity index is 681. The molecule has 0 fully saturated rings. The average molecular weight is 295 g/mol. The fraction of sp³-hybridized carbons (Fsp3) is 0.118. The predicted molar refractivity (Wildman–Crippen MR) is 87.4 cm³/mol. The molecule has 1 aromatic carbocycles. The van der Waals surface area contributed by atoms with Gasteiger partial charge in [0.25, 0.3) is 0 Å². The molecule has 2 rings (SSSR count). The highest BCUT2D eigenvalue weighted by atomic mass is 16.2. The van der Waals surface area contributed by atoms with Crippen molar-refractivity contribution in [2.45, 2.75) is 6.42 Å². The van der Waals surface area contributed by atoms with Crippen LogP contribution in [0.25, 0.3) is 0 Å². The van der Waals surface area contributed by atoms with Crippen LogP contribution in [0, 0.1) is 0 Å². The molecule has 0 aliphatic heterocycles. The minimum absolute atomic E-state index is 0.340. The Morgan fingerprint density at radius 1 is 1.32 bits per heavy atom. The zero-order valence-electron chi connectivity index (χ0n) is 12.3. The number of allylic oxidation sites excluding steroid dienone is 1. The Balaban J connectivity index is 2.11. The van der Waals surface area contributed by atoms with E-state index in [1.165, 1.54) is 17.3 Å². The summed E-state index contributed by atoms with van der Waals surface area (Å²) in [6, 6.07) is 8.74. The maximum absolute atomic E-state index is 12.2. The van der Waals surface area contributed by atoms with Gasteiger partial charge in [0.15, 0.2) is 6.29 Å². The lowest BCUT2D eigenvalue weighted by Gasteiger charge is -2.19. The lowest BCUT2D eigenvalue weighted by atomic mass is 10.1. The van der Waals surface area contributed by atoms with Gasteiger partial charge in [-0.15, -0.1) is 6.58 Å². The monoisotopic (exact) mass is 295 g/mol. The number of urea groups is 1. The summed E-state index contributed by atoms with van der Waals surface area (Å²) >= 11 is 0. The molecule has 0 bridgehead atoms. The van der Waals surface area contributed by atoms with E-state index in [0.29, 0.717) is 23.2 Å². The minimum atomic E-state index is -0.340. The van der Waals surface area contributed by atoms with E-state index < -0.39 is 0 Å². The second kappa shape index (κ2) is 7.17. The minimum Gasteiger partial charge on any atom is -0.308 e. The summed E-state index contributed by atoms with van der Waals surface area (Å²) in [5.41, 5.74) is 2.67. The van der Waals surface area contributed by atoms with Crippen molar-refractivity contribution in [1.82, 2.24) is 4.98 Å². The summed E-state index contributed by atoms with van der Waals surface area (Å²) in [6.45, 7) is 3.69. The molecule has 0 saturated heterocycles. The van der Waals surface area contributed by atoms with Gasteiger partial charge in [-0.1, -0.05) is 18.2 Å². The van der Waals surface area contributed by atoms with E-state index in [-0.39, 0.29) is 6.03 Å². The van der Waals surface area contributed by atoms with Crippen LogP contribution in [0.3, 0.4) is 0 Å². The average Bonchev–Trinajstić information content (AvgIpc) is 2.56. The fourth-order valence-electron chi connectivity index (χ4n) is 1.98. The van der Waals surface area contributed by atoms with Gasteiger partial charge < -0.3 is 5.32 Å². The van der Waals surface area contributed by atoms with Gasteiger partial charge in [-0.2, -0.15) is 0 Å². The van der Waals surface area contributed by atoms with E-state index in [9.17, 15) is 9.59 Å². The van der Waals surface area contributed by atoms with Crippen molar-refractivity contribution in [2.24, 2.45) is 0 Å². The molecule has 1 N–H and O–H groups in total. The third-order valence-corrected chi connectivity index (χ3v) is 3.21. The van der Waals surface area contributed by atoms with Crippen LogP contribution in [0.4, 0.5) is 16.2 Å². The number of aromatic nitrogens is 1. The van der Waals surface area contributed by atoms with E-state index in [1.807, 2.05) is 30.3 Å². The summed E-state index contributed by atoms with van der Waals surface area (Å²) in [4.78, 5) is 28.6. The lowest BCUT2D eigenvalue weighted by molar-refractivity contribution is 0.112. The topological polar surface area (TPSA) is 62.3 Å². The molecule has 0 radical (unpaired) electrons. The number of carbonyl (C=O) groups is 2. The Morgan fingerprint density at radius 3 is 2.68 bits per heavy atom. The van der Waals surface area contributed by atoms with E-state index in [4.69, 9.17) is 0 Å². The Kier molecular flexibility index (Phi) is 5.03. The molecule has 0 unspecified atom stereocenters. The van der Waals surface area contributed by atoms with Crippen LogP contribution >= 0.6 is 0 Å². The molecule has 0 atom stereocenters. The number of pyridine rings is 1. The standard InChI is InChI=1S/C17H17N3O2/c1-3-4-13-5-7-15(8-6-13)19-17(22)20(2)16-11-18-10-9-14(16)12-21/h3,5-12H,1,4H2,2H3,(H,19,22). The zero-order valence-corrected chi connectivity index (χ0v) is 12.3. The van der Waals surface area contributed by atoms with Crippen LogP contribution < -0.4 is 10.2 Å². The summed E-state index contributed by atoms with van der Waals surface area (Å²) in [7, 11) is 1.59. The number of aldehydes is 1. The highest BCUT2D eigenvalue weighted by Crippen LogP contribution is 2.17. The van der Waals surface area contributed by atoms with Crippen molar-refractivity contribution < 1.29 is 9.59 Å². The van der Waals surface area contributed by atoms with Gasteiger partial charge >= 0.3 is 6.03 Å². The number of carbonyl (C=O) groups excluding carboxylic acids is 2. The number of benzene rings is 1. The smallest absolute Gasteiger partial charge is 0.308 e. The van der Waals surface area contributed by atoms with Crippen LogP contribution in [0.15, 0.2) is 55.4 Å². The summed E-state index contributed by atoms with van der Waals surface area (Å²) in [6.07, 6.45) is 6.30. The Labute approximate surface area is 129 Å². The largest absolute Gasteiger partial charge is 0.326 e. The van der Waals surface area contributed by atoms with Crippen molar-refractivity contribution in [1.29, 1.82) is 0 Å². The number of rotatable bonds is 5. The molecule has 0 aliphatic carbocycles. The van der Waals surface area contributed by atoms with Gasteiger partial charge in [-0.05, 0) is 30.2 Å². The van der Waals surface area contributed by atoms with Gasteiger partial charge in [0, 0.05) is 24.5 Å². The van der Waals surface area contributed by atoms with Crippen molar-refractivity contribution in [3.05, 3.63) is 66.5 Å². The summed E-state index contributed by atoms with van der Waals surface area (Å²) in [5, 5.41) is 2.78. The third kappa shape index (κ3) is 3.58. The molecule has 1 aromatic heterocycles. The van der Waals surface area contributed by atoms with Crippen molar-refractivity contribution in [3.63, 3.8) is 0 Å². The number of hydrogen-bond acceptors (Lipinski definition) is 3. The highest BCUT2D eigenvalue weighted by Gasteiger charge is 2.14. The molecule has 0 aliphatic rings. The number of nitrogens with one attached hydrogen (secondary N) is 1. The van der Waals surface area contributed by atoms with Crippen molar-refractivity contribution >= 4 is 23.7 Å². The second-order valence-electron chi connectivity index (χ2n) is 4.73. The van der Waals surface area contributed by atoms with E-state index in [1.54, 1.807) is 13.1 Å². The molecule has 5 heteroatoms. The number of anilines is 2. The maximum Gasteiger partial charge on any atom is 0.326 e. The van der Waals surface area contributed by atoms with Crippen LogP contribution in [0.1, 0.15) is 15.9 Å². The van der Waals surface area contributed by atoms with Gasteiger partial charge in [0.1, 0.15) is 0 Å². The highest BCUT2D eigenvalue weighted by molar-refractivity contribution is 6.03. The van der Waals surface area contributed by atoms with Crippen molar-refractivity contribution in [2.75, 3.05) is 17.3 Å². The molecular formula is C17H17N3O2. The molecule has 22 heavy (non-hydrogen) atoms. The molecule has 112 valence electrons. The second-order valence-corrected chi connectivity index (χ2v) is 4.73. The molecule has 0 spiro atoms. The summed E-state index contributed by atoms with van der Waals surface area (Å²) in [5.74, 6) is 0. The zero-order chi connectivity index (χ0) is 15.9. The predicted octanol–water partition coefficient (Wildman–Crippen LogP) is 3.29. The van der Waals surface area contributed by atoms with Crippen LogP contribution in [0.2, 0.25) is 0 Å². The summed E-state index contributed by atoms with van der Waals surface area (Å²) < 4.78 is 0. The molecule has 0 saturated carbocycles. The van der Waals surface area contributed by atoms with E-state index in [2.05, 4.69) is 16.9 Å². The SMILES string of the molecule is C=CCc1ccc(NC(=O)N(C)c2cnccc2C=O)cc1.